The van der Waals surface area contributed by atoms with E-state index in [1.165, 1.54) is 19.4 Å². The maximum atomic E-state index is 12.9. The maximum Gasteiger partial charge on any atom is 0.261 e. The SMILES string of the molecule is COc1ccc(S(=O)(=O)Nc2ccc3c(c2)N(C(=O)c2cccnc2)CC3)cc1C. The van der Waals surface area contributed by atoms with E-state index in [9.17, 15) is 13.2 Å². The quantitative estimate of drug-likeness (QED) is 0.679. The number of aryl methyl sites for hydroxylation is 1. The second kappa shape index (κ2) is 7.79. The van der Waals surface area contributed by atoms with Gasteiger partial charge in [-0.15, -0.1) is 0 Å². The molecule has 1 aromatic heterocycles. The van der Waals surface area contributed by atoms with E-state index in [-0.39, 0.29) is 10.8 Å². The van der Waals surface area contributed by atoms with Crippen molar-refractivity contribution in [1.82, 2.24) is 4.98 Å². The highest BCUT2D eigenvalue weighted by molar-refractivity contribution is 7.92. The average Bonchev–Trinajstić information content (AvgIpc) is 3.16. The molecule has 0 unspecified atom stereocenters. The fourth-order valence-electron chi connectivity index (χ4n) is 3.53. The molecule has 0 radical (unpaired) electrons. The minimum Gasteiger partial charge on any atom is -0.496 e. The van der Waals surface area contributed by atoms with Crippen LogP contribution in [0.2, 0.25) is 0 Å². The number of carbonyl (C=O) groups is 1. The topological polar surface area (TPSA) is 88.6 Å². The molecule has 1 aliphatic rings. The summed E-state index contributed by atoms with van der Waals surface area (Å²) in [5, 5.41) is 0. The van der Waals surface area contributed by atoms with Gasteiger partial charge >= 0.3 is 0 Å². The number of ether oxygens (including phenoxy) is 1. The van der Waals surface area contributed by atoms with Crippen LogP contribution in [0.25, 0.3) is 0 Å². The van der Waals surface area contributed by atoms with Crippen LogP contribution in [0.5, 0.6) is 5.75 Å². The second-order valence-corrected chi connectivity index (χ2v) is 8.71. The van der Waals surface area contributed by atoms with Gasteiger partial charge in [0.05, 0.1) is 23.3 Å². The Morgan fingerprint density at radius 2 is 2.00 bits per heavy atom. The fourth-order valence-corrected chi connectivity index (χ4v) is 4.67. The standard InChI is InChI=1S/C22H21N3O4S/c1-15-12-19(7-8-21(15)29-2)30(27,28)24-18-6-5-16-9-11-25(20(16)13-18)22(26)17-4-3-10-23-14-17/h3-8,10,12-14,24H,9,11H2,1-2H3. The number of hydrogen-bond acceptors (Lipinski definition) is 5. The lowest BCUT2D eigenvalue weighted by Crippen LogP contribution is -2.29. The van der Waals surface area contributed by atoms with Crippen LogP contribution in [0.1, 0.15) is 21.5 Å². The molecule has 0 bridgehead atoms. The van der Waals surface area contributed by atoms with Gasteiger partial charge in [-0.05, 0) is 66.9 Å². The number of aromatic nitrogens is 1. The summed E-state index contributed by atoms with van der Waals surface area (Å²) in [6.45, 7) is 2.33. The number of nitrogens with zero attached hydrogens (tertiary/aromatic N) is 2. The zero-order valence-electron chi connectivity index (χ0n) is 16.6. The van der Waals surface area contributed by atoms with E-state index < -0.39 is 10.0 Å². The Morgan fingerprint density at radius 3 is 2.70 bits per heavy atom. The van der Waals surface area contributed by atoms with Crippen LogP contribution in [0, 0.1) is 6.92 Å². The van der Waals surface area contributed by atoms with E-state index in [1.54, 1.807) is 54.4 Å². The molecule has 1 aliphatic heterocycles. The highest BCUT2D eigenvalue weighted by Gasteiger charge is 2.26. The van der Waals surface area contributed by atoms with Crippen LogP contribution in [-0.4, -0.2) is 33.0 Å². The van der Waals surface area contributed by atoms with E-state index in [1.807, 2.05) is 6.07 Å². The minimum atomic E-state index is -3.79. The molecule has 0 spiro atoms. The first-order chi connectivity index (χ1) is 14.4. The molecule has 1 amide bonds. The predicted octanol–water partition coefficient (Wildman–Crippen LogP) is 3.40. The van der Waals surface area contributed by atoms with Gasteiger partial charge in [0.2, 0.25) is 0 Å². The number of carbonyl (C=O) groups excluding carboxylic acids is 1. The summed E-state index contributed by atoms with van der Waals surface area (Å²) in [6, 6.07) is 13.4. The minimum absolute atomic E-state index is 0.143. The number of methoxy groups -OCH3 is 1. The molecule has 4 rings (SSSR count). The van der Waals surface area contributed by atoms with Crippen molar-refractivity contribution in [3.8, 4) is 5.75 Å². The highest BCUT2D eigenvalue weighted by atomic mass is 32.2. The Hall–Kier alpha value is -3.39. The third-order valence-corrected chi connectivity index (χ3v) is 6.44. The molecule has 2 heterocycles. The molecule has 154 valence electrons. The van der Waals surface area contributed by atoms with Gasteiger partial charge in [0.15, 0.2) is 0 Å². The number of sulfonamides is 1. The van der Waals surface area contributed by atoms with Gasteiger partial charge in [-0.25, -0.2) is 8.42 Å². The third-order valence-electron chi connectivity index (χ3n) is 5.06. The Balaban J connectivity index is 1.61. The predicted molar refractivity (Wildman–Crippen MR) is 115 cm³/mol. The lowest BCUT2D eigenvalue weighted by atomic mass is 10.1. The molecule has 2 aromatic carbocycles. The Bertz CT molecular complexity index is 1210. The number of fused-ring (bicyclic) bond motifs is 1. The lowest BCUT2D eigenvalue weighted by Gasteiger charge is -2.18. The van der Waals surface area contributed by atoms with Gasteiger partial charge in [-0.2, -0.15) is 0 Å². The van der Waals surface area contributed by atoms with E-state index in [4.69, 9.17) is 4.74 Å². The third kappa shape index (κ3) is 3.73. The highest BCUT2D eigenvalue weighted by Crippen LogP contribution is 2.33. The van der Waals surface area contributed by atoms with Gasteiger partial charge in [-0.3, -0.25) is 14.5 Å². The summed E-state index contributed by atoms with van der Waals surface area (Å²) in [6.07, 6.45) is 3.85. The first kappa shape index (κ1) is 19.9. The summed E-state index contributed by atoms with van der Waals surface area (Å²) in [7, 11) is -2.25. The summed E-state index contributed by atoms with van der Waals surface area (Å²) >= 11 is 0. The van der Waals surface area contributed by atoms with Crippen LogP contribution in [0.15, 0.2) is 65.8 Å². The summed E-state index contributed by atoms with van der Waals surface area (Å²) in [5.74, 6) is 0.462. The van der Waals surface area contributed by atoms with Crippen molar-refractivity contribution in [2.45, 2.75) is 18.2 Å². The number of pyridine rings is 1. The number of amides is 1. The monoisotopic (exact) mass is 423 g/mol. The van der Waals surface area contributed by atoms with Gasteiger partial charge in [0.1, 0.15) is 5.75 Å². The zero-order valence-corrected chi connectivity index (χ0v) is 17.4. The first-order valence-electron chi connectivity index (χ1n) is 9.41. The van der Waals surface area contributed by atoms with Crippen LogP contribution in [-0.2, 0) is 16.4 Å². The molecule has 0 atom stereocenters. The molecule has 3 aromatic rings. The van der Waals surface area contributed by atoms with Crippen LogP contribution >= 0.6 is 0 Å². The van der Waals surface area contributed by atoms with Crippen LogP contribution in [0.4, 0.5) is 11.4 Å². The molecule has 30 heavy (non-hydrogen) atoms. The number of rotatable bonds is 5. The molecule has 0 saturated carbocycles. The molecule has 0 fully saturated rings. The molecule has 1 N–H and O–H groups in total. The van der Waals surface area contributed by atoms with Crippen molar-refractivity contribution in [2.75, 3.05) is 23.3 Å². The van der Waals surface area contributed by atoms with Crippen LogP contribution in [0.3, 0.4) is 0 Å². The van der Waals surface area contributed by atoms with Crippen molar-refractivity contribution in [2.24, 2.45) is 0 Å². The van der Waals surface area contributed by atoms with E-state index in [0.29, 0.717) is 35.7 Å². The second-order valence-electron chi connectivity index (χ2n) is 7.03. The average molecular weight is 423 g/mol. The fraction of sp³-hybridized carbons (Fsp3) is 0.182. The van der Waals surface area contributed by atoms with E-state index in [2.05, 4.69) is 9.71 Å². The van der Waals surface area contributed by atoms with Gasteiger partial charge in [-0.1, -0.05) is 6.07 Å². The first-order valence-corrected chi connectivity index (χ1v) is 10.9. The molecule has 0 saturated heterocycles. The van der Waals surface area contributed by atoms with Crippen molar-refractivity contribution in [3.63, 3.8) is 0 Å². The van der Waals surface area contributed by atoms with Gasteiger partial charge in [0.25, 0.3) is 15.9 Å². The smallest absolute Gasteiger partial charge is 0.261 e. The number of anilines is 2. The van der Waals surface area contributed by atoms with Crippen molar-refractivity contribution >= 4 is 27.3 Å². The van der Waals surface area contributed by atoms with Gasteiger partial charge in [0, 0.05) is 24.6 Å². The Labute approximate surface area is 175 Å². The van der Waals surface area contributed by atoms with Crippen molar-refractivity contribution < 1.29 is 17.9 Å². The molecule has 8 heteroatoms. The zero-order chi connectivity index (χ0) is 21.3. The Kier molecular flexibility index (Phi) is 5.17. The van der Waals surface area contributed by atoms with Crippen LogP contribution < -0.4 is 14.4 Å². The largest absolute Gasteiger partial charge is 0.496 e. The molecule has 0 aliphatic carbocycles. The number of nitrogens with one attached hydrogen (secondary N) is 1. The molecular formula is C22H21N3O4S. The molecular weight excluding hydrogens is 402 g/mol. The van der Waals surface area contributed by atoms with Gasteiger partial charge < -0.3 is 9.64 Å². The van der Waals surface area contributed by atoms with Crippen molar-refractivity contribution in [1.29, 1.82) is 0 Å². The normalized spacial score (nSPS) is 13.1. The number of benzene rings is 2. The number of hydrogen-bond donors (Lipinski definition) is 1. The summed E-state index contributed by atoms with van der Waals surface area (Å²) in [5.41, 5.74) is 3.31. The molecule has 7 nitrogen and oxygen atoms in total. The lowest BCUT2D eigenvalue weighted by molar-refractivity contribution is 0.0989. The summed E-state index contributed by atoms with van der Waals surface area (Å²) < 4.78 is 33.5. The van der Waals surface area contributed by atoms with Crippen molar-refractivity contribution in [3.05, 3.63) is 77.6 Å². The van der Waals surface area contributed by atoms with E-state index >= 15 is 0 Å². The summed E-state index contributed by atoms with van der Waals surface area (Å²) in [4.78, 5) is 18.7. The maximum absolute atomic E-state index is 12.9. The Morgan fingerprint density at radius 1 is 1.17 bits per heavy atom. The van der Waals surface area contributed by atoms with E-state index in [0.717, 1.165) is 11.1 Å².